The molecular weight excluding hydrogens is 647 g/mol. The molecule has 1 atom stereocenters. The van der Waals surface area contributed by atoms with E-state index in [-0.39, 0.29) is 24.8 Å². The van der Waals surface area contributed by atoms with E-state index in [2.05, 4.69) is 10.3 Å². The van der Waals surface area contributed by atoms with Gasteiger partial charge in [0.05, 0.1) is 17.7 Å². The molecule has 5 aromatic rings. The van der Waals surface area contributed by atoms with Gasteiger partial charge in [-0.15, -0.1) is 0 Å². The fourth-order valence-corrected chi connectivity index (χ4v) is 6.57. The first kappa shape index (κ1) is 32.9. The van der Waals surface area contributed by atoms with Gasteiger partial charge < -0.3 is 19.5 Å². The lowest BCUT2D eigenvalue weighted by Crippen LogP contribution is -2.41. The van der Waals surface area contributed by atoms with Crippen LogP contribution in [0.1, 0.15) is 48.4 Å². The number of nitrogens with one attached hydrogen (secondary N) is 1. The third-order valence-electron chi connectivity index (χ3n) is 9.16. The van der Waals surface area contributed by atoms with Crippen LogP contribution < -0.4 is 19.5 Å². The van der Waals surface area contributed by atoms with E-state index >= 15 is 0 Å². The van der Waals surface area contributed by atoms with E-state index in [0.29, 0.717) is 66.1 Å². The summed E-state index contributed by atoms with van der Waals surface area (Å²) in [5, 5.41) is 3.24. The summed E-state index contributed by atoms with van der Waals surface area (Å²) in [5.74, 6) is 1.39. The molecule has 8 nitrogen and oxygen atoms in total. The summed E-state index contributed by atoms with van der Waals surface area (Å²) in [6.07, 6.45) is -0.556. The number of para-hydroxylation sites is 1. The van der Waals surface area contributed by atoms with E-state index < -0.39 is 23.3 Å². The normalized spacial score (nSPS) is 17.0. The molecule has 1 saturated heterocycles. The van der Waals surface area contributed by atoms with Crippen molar-refractivity contribution >= 4 is 22.8 Å². The Morgan fingerprint density at radius 1 is 0.900 bits per heavy atom. The minimum atomic E-state index is -4.55. The molecule has 50 heavy (non-hydrogen) atoms. The zero-order valence-electron chi connectivity index (χ0n) is 27.3. The number of benzene rings is 4. The van der Waals surface area contributed by atoms with Gasteiger partial charge in [-0.3, -0.25) is 14.7 Å². The quantitative estimate of drug-likeness (QED) is 0.112. The predicted octanol–water partition coefficient (Wildman–Crippen LogP) is 8.26. The number of unbranched alkanes of at least 4 members (excludes halogenated alkanes) is 2. The number of aromatic nitrogens is 1. The summed E-state index contributed by atoms with van der Waals surface area (Å²) in [6.45, 7) is 2.44. The van der Waals surface area contributed by atoms with Gasteiger partial charge in [-0.25, -0.2) is 4.79 Å². The van der Waals surface area contributed by atoms with E-state index in [1.807, 2.05) is 54.6 Å². The number of ether oxygens (including phenoxy) is 3. The van der Waals surface area contributed by atoms with Crippen LogP contribution in [-0.4, -0.2) is 41.8 Å². The highest BCUT2D eigenvalue weighted by Crippen LogP contribution is 2.40. The number of nitrogens with zero attached hydrogens (tertiary/aromatic N) is 2. The molecule has 2 aliphatic heterocycles. The lowest BCUT2D eigenvalue weighted by molar-refractivity contribution is -0.136. The molecule has 11 heteroatoms. The topological polar surface area (TPSA) is 90.0 Å². The van der Waals surface area contributed by atoms with Crippen molar-refractivity contribution in [1.82, 2.24) is 15.2 Å². The number of halogens is 3. The van der Waals surface area contributed by atoms with Gasteiger partial charge in [-0.1, -0.05) is 60.7 Å². The lowest BCUT2D eigenvalue weighted by Gasteiger charge is -2.22. The van der Waals surface area contributed by atoms with Crippen LogP contribution in [0.3, 0.4) is 0 Å². The Kier molecular flexibility index (Phi) is 8.81. The number of hydrogen-bond acceptors (Lipinski definition) is 6. The maximum absolute atomic E-state index is 14.0. The molecule has 0 spiro atoms. The van der Waals surface area contributed by atoms with Crippen LogP contribution in [0.15, 0.2) is 97.2 Å². The average Bonchev–Trinajstić information content (AvgIpc) is 3.67. The molecule has 3 amide bonds. The molecule has 1 N–H and O–H groups in total. The van der Waals surface area contributed by atoms with Gasteiger partial charge in [0.2, 0.25) is 6.79 Å². The van der Waals surface area contributed by atoms with Crippen LogP contribution >= 0.6 is 0 Å². The molecule has 256 valence electrons. The summed E-state index contributed by atoms with van der Waals surface area (Å²) >= 11 is 0. The third kappa shape index (κ3) is 6.43. The number of carbonyl (C=O) groups is 2. The Morgan fingerprint density at radius 3 is 2.52 bits per heavy atom. The first-order chi connectivity index (χ1) is 24.1. The molecule has 4 aromatic carbocycles. The summed E-state index contributed by atoms with van der Waals surface area (Å²) in [5.41, 5.74) is 1.75. The number of urea groups is 1. The number of fused-ring (bicyclic) bond motifs is 2. The summed E-state index contributed by atoms with van der Waals surface area (Å²) in [4.78, 5) is 31.7. The average molecular weight is 682 g/mol. The standard InChI is InChI=1S/C39H34F3N3O5/c1-38(28-16-17-32-33(22-28)50-24-49-32)36(46)45(37(47)44-38)18-6-3-7-19-48-29-13-8-12-26(21-29)34-27(20-25-10-4-2-5-11-25)23-43-35-30(34)14-9-15-31(35)39(40,41)42/h2,4-5,8-17,21-23H,3,6-7,18-20,24H2,1H3,(H,44,47). The zero-order chi connectivity index (χ0) is 34.9. The predicted molar refractivity (Wildman–Crippen MR) is 181 cm³/mol. The van der Waals surface area contributed by atoms with Crippen LogP contribution in [0.25, 0.3) is 22.0 Å². The molecule has 1 aromatic heterocycles. The van der Waals surface area contributed by atoms with Crippen molar-refractivity contribution in [3.63, 3.8) is 0 Å². The highest BCUT2D eigenvalue weighted by Gasteiger charge is 2.49. The van der Waals surface area contributed by atoms with Gasteiger partial charge >= 0.3 is 12.2 Å². The van der Waals surface area contributed by atoms with Crippen LogP contribution in [0.2, 0.25) is 0 Å². The first-order valence-corrected chi connectivity index (χ1v) is 16.4. The Bertz CT molecular complexity index is 2070. The number of carbonyl (C=O) groups excluding carboxylic acids is 2. The number of amides is 3. The maximum atomic E-state index is 14.0. The van der Waals surface area contributed by atoms with Crippen molar-refractivity contribution in [2.45, 2.75) is 44.3 Å². The van der Waals surface area contributed by atoms with Crippen LogP contribution in [0.5, 0.6) is 17.2 Å². The van der Waals surface area contributed by atoms with Gasteiger partial charge in [0.25, 0.3) is 5.91 Å². The van der Waals surface area contributed by atoms with E-state index in [9.17, 15) is 22.8 Å². The molecular formula is C39H34F3N3O5. The molecule has 7 rings (SSSR count). The second-order valence-electron chi connectivity index (χ2n) is 12.5. The van der Waals surface area contributed by atoms with E-state index in [1.165, 1.54) is 17.2 Å². The molecule has 0 bridgehead atoms. The fourth-order valence-electron chi connectivity index (χ4n) is 6.57. The summed E-state index contributed by atoms with van der Waals surface area (Å²) in [6, 6.07) is 26.0. The third-order valence-corrected chi connectivity index (χ3v) is 9.16. The monoisotopic (exact) mass is 681 g/mol. The van der Waals surface area contributed by atoms with Crippen molar-refractivity contribution in [1.29, 1.82) is 0 Å². The molecule has 3 heterocycles. The van der Waals surface area contributed by atoms with E-state index in [0.717, 1.165) is 22.8 Å². The minimum absolute atomic E-state index is 0.0977. The minimum Gasteiger partial charge on any atom is -0.494 e. The van der Waals surface area contributed by atoms with E-state index in [1.54, 1.807) is 31.2 Å². The van der Waals surface area contributed by atoms with Crippen molar-refractivity contribution < 1.29 is 37.0 Å². The fraction of sp³-hybridized carbons (Fsp3) is 0.256. The van der Waals surface area contributed by atoms with Crippen molar-refractivity contribution in [2.24, 2.45) is 0 Å². The van der Waals surface area contributed by atoms with Crippen LogP contribution in [0, 0.1) is 0 Å². The van der Waals surface area contributed by atoms with Gasteiger partial charge in [-0.05, 0) is 90.8 Å². The summed E-state index contributed by atoms with van der Waals surface area (Å²) < 4.78 is 58.7. The number of rotatable bonds is 11. The lowest BCUT2D eigenvalue weighted by atomic mass is 9.91. The second kappa shape index (κ2) is 13.4. The summed E-state index contributed by atoms with van der Waals surface area (Å²) in [7, 11) is 0. The first-order valence-electron chi connectivity index (χ1n) is 16.4. The Balaban J connectivity index is 1.01. The molecule has 1 fully saturated rings. The van der Waals surface area contributed by atoms with Crippen LogP contribution in [-0.2, 0) is 22.9 Å². The Morgan fingerprint density at radius 2 is 1.70 bits per heavy atom. The number of alkyl halides is 3. The van der Waals surface area contributed by atoms with Gasteiger partial charge in [0.15, 0.2) is 11.5 Å². The zero-order valence-corrected chi connectivity index (χ0v) is 27.3. The molecule has 0 saturated carbocycles. The van der Waals surface area contributed by atoms with Crippen LogP contribution in [0.4, 0.5) is 18.0 Å². The molecule has 0 aliphatic carbocycles. The molecule has 2 aliphatic rings. The molecule has 0 radical (unpaired) electrons. The largest absolute Gasteiger partial charge is 0.494 e. The van der Waals surface area contributed by atoms with Crippen molar-refractivity contribution in [3.05, 3.63) is 119 Å². The second-order valence-corrected chi connectivity index (χ2v) is 12.5. The number of pyridine rings is 1. The van der Waals surface area contributed by atoms with Gasteiger partial charge in [-0.2, -0.15) is 13.2 Å². The highest BCUT2D eigenvalue weighted by molar-refractivity contribution is 6.07. The van der Waals surface area contributed by atoms with Crippen molar-refractivity contribution in [3.8, 4) is 28.4 Å². The van der Waals surface area contributed by atoms with Gasteiger partial charge in [0, 0.05) is 18.1 Å². The number of imide groups is 1. The van der Waals surface area contributed by atoms with Gasteiger partial charge in [0.1, 0.15) is 11.3 Å². The Labute approximate surface area is 286 Å². The highest BCUT2D eigenvalue weighted by atomic mass is 19.4. The number of hydrogen-bond donors (Lipinski definition) is 1. The Hall–Kier alpha value is -5.58. The smallest absolute Gasteiger partial charge is 0.418 e. The van der Waals surface area contributed by atoms with Crippen molar-refractivity contribution in [2.75, 3.05) is 19.9 Å². The van der Waals surface area contributed by atoms with E-state index in [4.69, 9.17) is 14.2 Å². The molecule has 1 unspecified atom stereocenters. The maximum Gasteiger partial charge on any atom is 0.418 e. The SMILES string of the molecule is CC1(c2ccc3c(c2)OCO3)NC(=O)N(CCCCCOc2cccc(-c3c(Cc4ccccc4)cnc4c(C(F)(F)F)cccc34)c2)C1=O.